The third kappa shape index (κ3) is 4.71. The van der Waals surface area contributed by atoms with Crippen molar-refractivity contribution in [2.24, 2.45) is 0 Å². The lowest BCUT2D eigenvalue weighted by molar-refractivity contribution is 0.0921. The van der Waals surface area contributed by atoms with Gasteiger partial charge < -0.3 is 20.5 Å². The van der Waals surface area contributed by atoms with Gasteiger partial charge in [-0.15, -0.1) is 0 Å². The number of halogens is 1. The monoisotopic (exact) mass is 414 g/mol. The molecular weight excluding hydrogens is 391 g/mol. The van der Waals surface area contributed by atoms with Crippen LogP contribution in [0.25, 0.3) is 5.82 Å². The van der Waals surface area contributed by atoms with Crippen LogP contribution in [0.2, 0.25) is 0 Å². The maximum Gasteiger partial charge on any atom is 0.255 e. The molecule has 3 N–H and O–H groups in total. The van der Waals surface area contributed by atoms with E-state index in [4.69, 9.17) is 9.84 Å². The molecule has 0 saturated carbocycles. The van der Waals surface area contributed by atoms with Gasteiger partial charge in [0, 0.05) is 24.0 Å². The third-order valence-corrected chi connectivity index (χ3v) is 4.28. The first-order chi connectivity index (χ1) is 14.3. The molecule has 0 aliphatic rings. The van der Waals surface area contributed by atoms with Crippen molar-refractivity contribution < 1.29 is 19.0 Å². The Bertz CT molecular complexity index is 1070. The van der Waals surface area contributed by atoms with Crippen molar-refractivity contribution in [3.05, 3.63) is 53.2 Å². The number of aliphatic hydroxyl groups excluding tert-OH is 1. The summed E-state index contributed by atoms with van der Waals surface area (Å²) in [5.41, 5.74) is 2.30. The number of methoxy groups -OCH3 is 1. The number of hydrogen-bond donors (Lipinski definition) is 3. The predicted octanol–water partition coefficient (Wildman–Crippen LogP) is 2.28. The molecule has 2 aromatic heterocycles. The molecule has 0 saturated heterocycles. The zero-order chi connectivity index (χ0) is 21.8. The first-order valence-corrected chi connectivity index (χ1v) is 9.24. The largest absolute Gasteiger partial charge is 0.497 e. The van der Waals surface area contributed by atoms with Gasteiger partial charge in [0.1, 0.15) is 5.75 Å². The number of hydrogen-bond acceptors (Lipinski definition) is 7. The Labute approximate surface area is 172 Å². The number of aryl methyl sites for hydroxylation is 2. The van der Waals surface area contributed by atoms with E-state index in [0.717, 1.165) is 11.8 Å². The van der Waals surface area contributed by atoms with Gasteiger partial charge in [0.05, 0.1) is 31.2 Å². The number of carbonyl (C=O) groups excluding carboxylic acids is 1. The lowest BCUT2D eigenvalue weighted by atomic mass is 10.2. The maximum absolute atomic E-state index is 14.4. The zero-order valence-electron chi connectivity index (χ0n) is 17.1. The van der Waals surface area contributed by atoms with Crippen LogP contribution in [0.5, 0.6) is 5.75 Å². The van der Waals surface area contributed by atoms with Crippen molar-refractivity contribution in [3.8, 4) is 11.6 Å². The van der Waals surface area contributed by atoms with Crippen LogP contribution in [0, 0.1) is 19.7 Å². The van der Waals surface area contributed by atoms with E-state index in [0.29, 0.717) is 17.1 Å². The zero-order valence-corrected chi connectivity index (χ0v) is 17.1. The second-order valence-electron chi connectivity index (χ2n) is 6.86. The molecule has 158 valence electrons. The average molecular weight is 414 g/mol. The molecule has 0 fully saturated rings. The SMILES string of the molecule is COc1cc(C)cc(Nc2ncc(F)c(-n3cc(C(=O)N[C@@H](C)CO)c(C)n3)n2)c1. The van der Waals surface area contributed by atoms with E-state index in [1.165, 1.54) is 10.9 Å². The smallest absolute Gasteiger partial charge is 0.255 e. The number of ether oxygens (including phenoxy) is 1. The molecule has 0 aliphatic heterocycles. The van der Waals surface area contributed by atoms with Crippen LogP contribution in [-0.2, 0) is 0 Å². The van der Waals surface area contributed by atoms with Gasteiger partial charge in [-0.2, -0.15) is 10.1 Å². The molecule has 3 aromatic rings. The second-order valence-corrected chi connectivity index (χ2v) is 6.86. The fourth-order valence-corrected chi connectivity index (χ4v) is 2.78. The minimum Gasteiger partial charge on any atom is -0.497 e. The first-order valence-electron chi connectivity index (χ1n) is 9.24. The van der Waals surface area contributed by atoms with Gasteiger partial charge in [0.25, 0.3) is 5.91 Å². The van der Waals surface area contributed by atoms with Crippen LogP contribution >= 0.6 is 0 Å². The number of nitrogens with zero attached hydrogens (tertiary/aromatic N) is 4. The van der Waals surface area contributed by atoms with Gasteiger partial charge in [0.15, 0.2) is 11.6 Å². The number of carbonyl (C=O) groups is 1. The highest BCUT2D eigenvalue weighted by atomic mass is 19.1. The van der Waals surface area contributed by atoms with Crippen molar-refractivity contribution in [2.45, 2.75) is 26.8 Å². The molecule has 10 heteroatoms. The normalized spacial score (nSPS) is 11.8. The third-order valence-electron chi connectivity index (χ3n) is 4.28. The molecule has 0 spiro atoms. The quantitative estimate of drug-likeness (QED) is 0.543. The number of aromatic nitrogens is 4. The predicted molar refractivity (Wildman–Crippen MR) is 109 cm³/mol. The highest BCUT2D eigenvalue weighted by Crippen LogP contribution is 2.23. The van der Waals surface area contributed by atoms with E-state index in [9.17, 15) is 9.18 Å². The van der Waals surface area contributed by atoms with Gasteiger partial charge in [-0.3, -0.25) is 4.79 Å². The number of nitrogens with one attached hydrogen (secondary N) is 2. The van der Waals surface area contributed by atoms with Gasteiger partial charge >= 0.3 is 0 Å². The second kappa shape index (κ2) is 8.87. The van der Waals surface area contributed by atoms with Crippen molar-refractivity contribution in [2.75, 3.05) is 19.0 Å². The van der Waals surface area contributed by atoms with E-state index in [2.05, 4.69) is 25.7 Å². The minimum absolute atomic E-state index is 0.107. The first kappa shape index (κ1) is 21.2. The van der Waals surface area contributed by atoms with E-state index in [-0.39, 0.29) is 23.9 Å². The van der Waals surface area contributed by atoms with Crippen molar-refractivity contribution in [1.29, 1.82) is 0 Å². The lowest BCUT2D eigenvalue weighted by Crippen LogP contribution is -2.35. The van der Waals surface area contributed by atoms with E-state index in [1.807, 2.05) is 19.1 Å². The maximum atomic E-state index is 14.4. The summed E-state index contributed by atoms with van der Waals surface area (Å²) in [5.74, 6) is -0.396. The number of aliphatic hydroxyl groups is 1. The average Bonchev–Trinajstić information content (AvgIpc) is 3.10. The summed E-state index contributed by atoms with van der Waals surface area (Å²) in [7, 11) is 1.57. The summed E-state index contributed by atoms with van der Waals surface area (Å²) < 4.78 is 20.9. The molecule has 1 amide bonds. The molecule has 2 heterocycles. The standard InChI is InChI=1S/C20H23FN6O3/c1-11-5-14(7-15(6-11)30-4)24-20-22-8-17(21)18(25-20)27-9-16(13(3)26-27)19(29)23-12(2)10-28/h5-9,12,28H,10H2,1-4H3,(H,23,29)(H,22,24,25)/t12-/m0/s1. The highest BCUT2D eigenvalue weighted by Gasteiger charge is 2.18. The fourth-order valence-electron chi connectivity index (χ4n) is 2.78. The van der Waals surface area contributed by atoms with Crippen molar-refractivity contribution in [3.63, 3.8) is 0 Å². The van der Waals surface area contributed by atoms with Gasteiger partial charge in [0.2, 0.25) is 5.95 Å². The summed E-state index contributed by atoms with van der Waals surface area (Å²) in [6, 6.07) is 5.09. The molecule has 0 aliphatic carbocycles. The van der Waals surface area contributed by atoms with Crippen LogP contribution < -0.4 is 15.4 Å². The number of amides is 1. The fraction of sp³-hybridized carbons (Fsp3) is 0.300. The molecule has 9 nitrogen and oxygen atoms in total. The Morgan fingerprint density at radius 2 is 2.10 bits per heavy atom. The molecule has 0 bridgehead atoms. The summed E-state index contributed by atoms with van der Waals surface area (Å²) in [4.78, 5) is 20.5. The molecule has 3 rings (SSSR count). The Balaban J connectivity index is 1.90. The van der Waals surface area contributed by atoms with Crippen LogP contribution in [0.1, 0.15) is 28.5 Å². The summed E-state index contributed by atoms with van der Waals surface area (Å²) in [6.07, 6.45) is 2.42. The van der Waals surface area contributed by atoms with Crippen LogP contribution in [0.15, 0.2) is 30.6 Å². The number of rotatable bonds is 7. The van der Waals surface area contributed by atoms with Gasteiger partial charge in [-0.05, 0) is 38.5 Å². The Morgan fingerprint density at radius 3 is 2.80 bits per heavy atom. The Hall–Kier alpha value is -3.53. The van der Waals surface area contributed by atoms with Crippen molar-refractivity contribution >= 4 is 17.5 Å². The molecule has 1 atom stereocenters. The van der Waals surface area contributed by atoms with E-state index < -0.39 is 17.8 Å². The molecule has 0 radical (unpaired) electrons. The number of benzene rings is 1. The van der Waals surface area contributed by atoms with Gasteiger partial charge in [-0.25, -0.2) is 14.1 Å². The number of anilines is 2. The van der Waals surface area contributed by atoms with Crippen LogP contribution in [-0.4, -0.2) is 50.5 Å². The Morgan fingerprint density at radius 1 is 1.33 bits per heavy atom. The molecule has 0 unspecified atom stereocenters. The lowest BCUT2D eigenvalue weighted by Gasteiger charge is -2.10. The van der Waals surface area contributed by atoms with Crippen LogP contribution in [0.4, 0.5) is 16.0 Å². The molecule has 1 aromatic carbocycles. The topological polar surface area (TPSA) is 114 Å². The molecule has 30 heavy (non-hydrogen) atoms. The minimum atomic E-state index is -0.694. The van der Waals surface area contributed by atoms with Gasteiger partial charge in [-0.1, -0.05) is 0 Å². The van der Waals surface area contributed by atoms with Crippen molar-refractivity contribution in [1.82, 2.24) is 25.1 Å². The van der Waals surface area contributed by atoms with Crippen LogP contribution in [0.3, 0.4) is 0 Å². The summed E-state index contributed by atoms with van der Waals surface area (Å²) >= 11 is 0. The Kier molecular flexibility index (Phi) is 6.26. The molecular formula is C20H23FN6O3. The summed E-state index contributed by atoms with van der Waals surface area (Å²) in [5, 5.41) is 19.0. The van der Waals surface area contributed by atoms with E-state index in [1.54, 1.807) is 27.0 Å². The summed E-state index contributed by atoms with van der Waals surface area (Å²) in [6.45, 7) is 5.02. The highest BCUT2D eigenvalue weighted by molar-refractivity contribution is 5.95. The van der Waals surface area contributed by atoms with E-state index >= 15 is 0 Å².